The fourth-order valence-corrected chi connectivity index (χ4v) is 3.03. The van der Waals surface area contributed by atoms with E-state index in [1.807, 2.05) is 18.2 Å². The normalized spacial score (nSPS) is 14.8. The Bertz CT molecular complexity index is 976. The summed E-state index contributed by atoms with van der Waals surface area (Å²) in [6.07, 6.45) is -1.81. The van der Waals surface area contributed by atoms with Crippen molar-refractivity contribution in [3.05, 3.63) is 42.5 Å². The number of anilines is 1. The lowest BCUT2D eigenvalue weighted by atomic mass is 9.85. The van der Waals surface area contributed by atoms with Crippen LogP contribution in [0.1, 0.15) is 19.3 Å². The Morgan fingerprint density at radius 1 is 1.11 bits per heavy atom. The number of rotatable bonds is 4. The van der Waals surface area contributed by atoms with E-state index in [-0.39, 0.29) is 17.6 Å². The van der Waals surface area contributed by atoms with Crippen molar-refractivity contribution in [3.8, 4) is 16.9 Å². The monoisotopic (exact) mass is 375 g/mol. The van der Waals surface area contributed by atoms with E-state index in [9.17, 15) is 18.0 Å². The molecule has 4 rings (SSSR count). The van der Waals surface area contributed by atoms with Gasteiger partial charge < -0.3 is 10.1 Å². The topological polar surface area (TPSA) is 67.0 Å². The van der Waals surface area contributed by atoms with Crippen LogP contribution in [0.5, 0.6) is 5.75 Å². The predicted octanol–water partition coefficient (Wildman–Crippen LogP) is 4.87. The number of halogens is 3. The number of carbonyl (C=O) groups excluding carboxylic acids is 1. The Morgan fingerprint density at radius 2 is 1.81 bits per heavy atom. The van der Waals surface area contributed by atoms with Gasteiger partial charge in [0, 0.05) is 11.3 Å². The van der Waals surface area contributed by atoms with E-state index in [2.05, 4.69) is 20.3 Å². The average Bonchev–Trinajstić information content (AvgIpc) is 2.94. The van der Waals surface area contributed by atoms with Crippen molar-refractivity contribution in [3.63, 3.8) is 0 Å². The minimum atomic E-state index is -4.71. The molecule has 0 bridgehead atoms. The summed E-state index contributed by atoms with van der Waals surface area (Å²) in [6.45, 7) is 0. The largest absolute Gasteiger partial charge is 0.573 e. The van der Waals surface area contributed by atoms with Crippen molar-refractivity contribution in [2.45, 2.75) is 25.6 Å². The maximum absolute atomic E-state index is 12.2. The van der Waals surface area contributed by atoms with Gasteiger partial charge in [0.05, 0.1) is 5.52 Å². The van der Waals surface area contributed by atoms with Gasteiger partial charge in [0.1, 0.15) is 5.75 Å². The van der Waals surface area contributed by atoms with Crippen LogP contribution in [0.2, 0.25) is 0 Å². The third kappa shape index (κ3) is 3.74. The summed E-state index contributed by atoms with van der Waals surface area (Å²) >= 11 is 0. The van der Waals surface area contributed by atoms with E-state index in [4.69, 9.17) is 0 Å². The van der Waals surface area contributed by atoms with Crippen LogP contribution in [-0.4, -0.2) is 22.5 Å². The molecule has 1 heterocycles. The van der Waals surface area contributed by atoms with Crippen molar-refractivity contribution in [2.75, 3.05) is 5.32 Å². The zero-order chi connectivity index (χ0) is 19.0. The first-order valence-electron chi connectivity index (χ1n) is 8.54. The van der Waals surface area contributed by atoms with Crippen LogP contribution in [-0.2, 0) is 4.79 Å². The van der Waals surface area contributed by atoms with Crippen molar-refractivity contribution >= 4 is 22.6 Å². The first-order chi connectivity index (χ1) is 12.9. The molecule has 5 nitrogen and oxygen atoms in total. The minimum absolute atomic E-state index is 0.0148. The Hall–Kier alpha value is -3.03. The molecule has 0 spiro atoms. The van der Waals surface area contributed by atoms with E-state index < -0.39 is 6.36 Å². The SMILES string of the molecule is O=C(Nc1n[nH]c2cc(-c3ccc(OC(F)(F)F)cc3)ccc12)C1CCC1. The number of amides is 1. The number of nitrogens with one attached hydrogen (secondary N) is 2. The summed E-state index contributed by atoms with van der Waals surface area (Å²) in [7, 11) is 0. The zero-order valence-electron chi connectivity index (χ0n) is 14.1. The standard InChI is InChI=1S/C19H16F3N3O2/c20-19(21,22)27-14-7-4-11(5-8-14)13-6-9-15-16(10-13)24-25-17(15)23-18(26)12-2-1-3-12/h4-10,12H,1-3H2,(H2,23,24,25,26). The molecule has 27 heavy (non-hydrogen) atoms. The molecule has 2 aromatic carbocycles. The van der Waals surface area contributed by atoms with Gasteiger partial charge in [-0.25, -0.2) is 0 Å². The second-order valence-electron chi connectivity index (χ2n) is 6.52. The zero-order valence-corrected chi connectivity index (χ0v) is 14.1. The number of benzene rings is 2. The molecule has 1 aromatic heterocycles. The molecular weight excluding hydrogens is 359 g/mol. The number of fused-ring (bicyclic) bond motifs is 1. The fraction of sp³-hybridized carbons (Fsp3) is 0.263. The highest BCUT2D eigenvalue weighted by molar-refractivity contribution is 6.01. The first-order valence-corrected chi connectivity index (χ1v) is 8.54. The third-order valence-electron chi connectivity index (χ3n) is 4.70. The molecule has 0 radical (unpaired) electrons. The Morgan fingerprint density at radius 3 is 2.44 bits per heavy atom. The summed E-state index contributed by atoms with van der Waals surface area (Å²) in [4.78, 5) is 12.1. The van der Waals surface area contributed by atoms with Crippen molar-refractivity contribution < 1.29 is 22.7 Å². The average molecular weight is 375 g/mol. The van der Waals surface area contributed by atoms with Gasteiger partial charge in [-0.05, 0) is 48.2 Å². The molecule has 1 aliphatic carbocycles. The summed E-state index contributed by atoms with van der Waals surface area (Å²) in [5.41, 5.74) is 2.27. The van der Waals surface area contributed by atoms with Gasteiger partial charge in [-0.3, -0.25) is 9.89 Å². The quantitative estimate of drug-likeness (QED) is 0.684. The van der Waals surface area contributed by atoms with Crippen LogP contribution < -0.4 is 10.1 Å². The number of carbonyl (C=O) groups is 1. The van der Waals surface area contributed by atoms with E-state index >= 15 is 0 Å². The lowest BCUT2D eigenvalue weighted by Crippen LogP contribution is -2.28. The van der Waals surface area contributed by atoms with Crippen LogP contribution in [0.15, 0.2) is 42.5 Å². The molecule has 0 atom stereocenters. The molecule has 0 aliphatic heterocycles. The number of ether oxygens (including phenoxy) is 1. The highest BCUT2D eigenvalue weighted by Gasteiger charge is 2.31. The number of aromatic nitrogens is 2. The van der Waals surface area contributed by atoms with Crippen molar-refractivity contribution in [2.24, 2.45) is 5.92 Å². The van der Waals surface area contributed by atoms with E-state index in [0.717, 1.165) is 41.3 Å². The van der Waals surface area contributed by atoms with Crippen LogP contribution in [0, 0.1) is 5.92 Å². The van der Waals surface area contributed by atoms with Gasteiger partial charge in [0.2, 0.25) is 5.91 Å². The molecule has 0 unspecified atom stereocenters. The van der Waals surface area contributed by atoms with E-state index in [1.54, 1.807) is 12.1 Å². The molecule has 3 aromatic rings. The van der Waals surface area contributed by atoms with Crippen LogP contribution in [0.4, 0.5) is 19.0 Å². The maximum atomic E-state index is 12.2. The Labute approximate surface area is 152 Å². The number of alkyl halides is 3. The number of nitrogens with zero attached hydrogens (tertiary/aromatic N) is 1. The molecule has 1 saturated carbocycles. The smallest absolute Gasteiger partial charge is 0.406 e. The summed E-state index contributed by atoms with van der Waals surface area (Å²) in [5.74, 6) is 0.268. The number of H-pyrrole nitrogens is 1. The van der Waals surface area contributed by atoms with Gasteiger partial charge in [0.15, 0.2) is 5.82 Å². The van der Waals surface area contributed by atoms with Gasteiger partial charge >= 0.3 is 6.36 Å². The minimum Gasteiger partial charge on any atom is -0.406 e. The molecule has 0 saturated heterocycles. The highest BCUT2D eigenvalue weighted by atomic mass is 19.4. The van der Waals surface area contributed by atoms with E-state index in [0.29, 0.717) is 5.82 Å². The molecule has 1 amide bonds. The van der Waals surface area contributed by atoms with Gasteiger partial charge in [-0.1, -0.05) is 24.6 Å². The first kappa shape index (κ1) is 17.4. The van der Waals surface area contributed by atoms with Gasteiger partial charge in [0.25, 0.3) is 0 Å². The number of hydrogen-bond donors (Lipinski definition) is 2. The van der Waals surface area contributed by atoms with Crippen LogP contribution in [0.25, 0.3) is 22.0 Å². The third-order valence-corrected chi connectivity index (χ3v) is 4.70. The van der Waals surface area contributed by atoms with Crippen LogP contribution >= 0.6 is 0 Å². The number of hydrogen-bond acceptors (Lipinski definition) is 3. The second-order valence-corrected chi connectivity index (χ2v) is 6.52. The van der Waals surface area contributed by atoms with Crippen molar-refractivity contribution in [1.29, 1.82) is 0 Å². The predicted molar refractivity (Wildman–Crippen MR) is 94.2 cm³/mol. The number of aromatic amines is 1. The van der Waals surface area contributed by atoms with Crippen LogP contribution in [0.3, 0.4) is 0 Å². The Balaban J connectivity index is 1.54. The summed E-state index contributed by atoms with van der Waals surface area (Å²) < 4.78 is 40.6. The second kappa shape index (κ2) is 6.61. The molecule has 1 aliphatic rings. The molecule has 8 heteroatoms. The summed E-state index contributed by atoms with van der Waals surface area (Å²) in [5, 5.41) is 10.7. The summed E-state index contributed by atoms with van der Waals surface area (Å²) in [6, 6.07) is 11.1. The van der Waals surface area contributed by atoms with Gasteiger partial charge in [-0.2, -0.15) is 5.10 Å². The molecule has 140 valence electrons. The maximum Gasteiger partial charge on any atom is 0.573 e. The van der Waals surface area contributed by atoms with Crippen molar-refractivity contribution in [1.82, 2.24) is 10.2 Å². The van der Waals surface area contributed by atoms with E-state index in [1.165, 1.54) is 12.1 Å². The Kier molecular flexibility index (Phi) is 4.25. The molecular formula is C19H16F3N3O2. The lowest BCUT2D eigenvalue weighted by molar-refractivity contribution is -0.274. The molecule has 1 fully saturated rings. The highest BCUT2D eigenvalue weighted by Crippen LogP contribution is 2.31. The fourth-order valence-electron chi connectivity index (χ4n) is 3.03. The molecule has 2 N–H and O–H groups in total. The van der Waals surface area contributed by atoms with Gasteiger partial charge in [-0.15, -0.1) is 13.2 Å². The lowest BCUT2D eigenvalue weighted by Gasteiger charge is -2.23.